The van der Waals surface area contributed by atoms with Gasteiger partial charge in [-0.2, -0.15) is 0 Å². The molecule has 2 rings (SSSR count). The zero-order valence-corrected chi connectivity index (χ0v) is 9.29. The summed E-state index contributed by atoms with van der Waals surface area (Å²) in [5, 5.41) is 12.4. The Balaban J connectivity index is 2.56. The molecule has 0 aromatic heterocycles. The van der Waals surface area contributed by atoms with Crippen LogP contribution in [0.15, 0.2) is 42.6 Å². The van der Waals surface area contributed by atoms with Crippen LogP contribution >= 0.6 is 0 Å². The zero-order valence-electron chi connectivity index (χ0n) is 9.29. The van der Waals surface area contributed by atoms with E-state index >= 15 is 0 Å². The molecule has 0 aliphatic carbocycles. The fourth-order valence-corrected chi connectivity index (χ4v) is 1.69. The summed E-state index contributed by atoms with van der Waals surface area (Å²) in [4.78, 5) is 9.82. The fraction of sp³-hybridized carbons (Fsp3) is 0.0769. The minimum Gasteiger partial charge on any atom is -0.496 e. The van der Waals surface area contributed by atoms with Gasteiger partial charge in [0.2, 0.25) is 6.20 Å². The number of hydrogen-bond donors (Lipinski definition) is 0. The fourth-order valence-electron chi connectivity index (χ4n) is 1.69. The number of ether oxygens (including phenoxy) is 1. The Labute approximate surface area is 98.3 Å². The van der Waals surface area contributed by atoms with Crippen molar-refractivity contribution in [3.63, 3.8) is 0 Å². The van der Waals surface area contributed by atoms with Crippen molar-refractivity contribution in [2.24, 2.45) is 0 Å². The molecule has 0 bridgehead atoms. The molecule has 2 aromatic rings. The van der Waals surface area contributed by atoms with Crippen LogP contribution in [0.25, 0.3) is 16.8 Å². The van der Waals surface area contributed by atoms with Crippen LogP contribution in [0.2, 0.25) is 0 Å². The Morgan fingerprint density at radius 1 is 1.24 bits per heavy atom. The maximum Gasteiger partial charge on any atom is 0.235 e. The molecule has 0 saturated heterocycles. The Morgan fingerprint density at radius 2 is 1.88 bits per heavy atom. The summed E-state index contributed by atoms with van der Waals surface area (Å²) in [6.45, 7) is 0. The van der Waals surface area contributed by atoms with Gasteiger partial charge in [0.15, 0.2) is 0 Å². The molecule has 2 aromatic carbocycles. The summed E-state index contributed by atoms with van der Waals surface area (Å²) in [7, 11) is 1.55. The largest absolute Gasteiger partial charge is 0.496 e. The van der Waals surface area contributed by atoms with Gasteiger partial charge in [-0.05, 0) is 22.9 Å². The maximum absolute atomic E-state index is 10.3. The molecule has 0 aliphatic heterocycles. The summed E-state index contributed by atoms with van der Waals surface area (Å²) in [5.74, 6) is 0.627. The van der Waals surface area contributed by atoms with Crippen LogP contribution in [-0.4, -0.2) is 12.0 Å². The number of methoxy groups -OCH3 is 1. The lowest BCUT2D eigenvalue weighted by Gasteiger charge is -2.06. The van der Waals surface area contributed by atoms with E-state index in [0.717, 1.165) is 17.0 Å². The predicted molar refractivity (Wildman–Crippen MR) is 66.5 cm³/mol. The lowest BCUT2D eigenvalue weighted by atomic mass is 10.1. The summed E-state index contributed by atoms with van der Waals surface area (Å²) in [6, 6.07) is 11.5. The molecule has 0 fully saturated rings. The van der Waals surface area contributed by atoms with E-state index in [4.69, 9.17) is 4.74 Å². The average molecular weight is 229 g/mol. The van der Waals surface area contributed by atoms with Crippen molar-refractivity contribution in [1.82, 2.24) is 0 Å². The number of nitrogens with zero attached hydrogens (tertiary/aromatic N) is 1. The Hall–Kier alpha value is -2.36. The first-order chi connectivity index (χ1) is 8.20. The lowest BCUT2D eigenvalue weighted by molar-refractivity contribution is -0.400. The third kappa shape index (κ3) is 2.42. The molecule has 0 saturated carbocycles. The molecule has 0 atom stereocenters. The van der Waals surface area contributed by atoms with Crippen molar-refractivity contribution < 1.29 is 9.66 Å². The second kappa shape index (κ2) is 4.65. The summed E-state index contributed by atoms with van der Waals surface area (Å²) < 4.78 is 5.21. The number of rotatable bonds is 3. The van der Waals surface area contributed by atoms with Gasteiger partial charge >= 0.3 is 0 Å². The highest BCUT2D eigenvalue weighted by atomic mass is 16.6. The van der Waals surface area contributed by atoms with E-state index in [1.807, 2.05) is 36.4 Å². The van der Waals surface area contributed by atoms with Gasteiger partial charge in [-0.1, -0.05) is 24.3 Å². The van der Waals surface area contributed by atoms with E-state index < -0.39 is 4.92 Å². The summed E-state index contributed by atoms with van der Waals surface area (Å²) in [5.41, 5.74) is 0.697. The molecule has 4 heteroatoms. The van der Waals surface area contributed by atoms with Crippen LogP contribution in [0.4, 0.5) is 0 Å². The van der Waals surface area contributed by atoms with Gasteiger partial charge < -0.3 is 4.74 Å². The SMILES string of the molecule is COc1cc2ccccc2cc1C=C[N+](=O)[O-]. The minimum atomic E-state index is -0.491. The third-order valence-electron chi connectivity index (χ3n) is 2.47. The van der Waals surface area contributed by atoms with E-state index in [2.05, 4.69) is 0 Å². The topological polar surface area (TPSA) is 52.4 Å². The van der Waals surface area contributed by atoms with Gasteiger partial charge in [0.1, 0.15) is 5.75 Å². The van der Waals surface area contributed by atoms with E-state index in [1.165, 1.54) is 6.08 Å². The van der Waals surface area contributed by atoms with Crippen molar-refractivity contribution in [3.05, 3.63) is 58.3 Å². The van der Waals surface area contributed by atoms with Gasteiger partial charge in [0.25, 0.3) is 0 Å². The van der Waals surface area contributed by atoms with Crippen LogP contribution in [-0.2, 0) is 0 Å². The quantitative estimate of drug-likeness (QED) is 0.600. The number of benzene rings is 2. The standard InChI is InChI=1S/C13H11NO3/c1-17-13-9-11-5-3-2-4-10(11)8-12(13)6-7-14(15)16/h2-9H,1H3. The molecule has 4 nitrogen and oxygen atoms in total. The van der Waals surface area contributed by atoms with Gasteiger partial charge in [0.05, 0.1) is 12.0 Å². The van der Waals surface area contributed by atoms with Crippen LogP contribution in [0.1, 0.15) is 5.56 Å². The second-order valence-corrected chi connectivity index (χ2v) is 3.54. The van der Waals surface area contributed by atoms with Crippen molar-refractivity contribution >= 4 is 16.8 Å². The molecule has 0 radical (unpaired) electrons. The highest BCUT2D eigenvalue weighted by Crippen LogP contribution is 2.26. The molecule has 0 aliphatic rings. The number of nitro groups is 1. The Morgan fingerprint density at radius 3 is 2.47 bits per heavy atom. The van der Waals surface area contributed by atoms with Crippen LogP contribution < -0.4 is 4.74 Å². The minimum absolute atomic E-state index is 0.491. The van der Waals surface area contributed by atoms with Gasteiger partial charge in [0, 0.05) is 11.6 Å². The van der Waals surface area contributed by atoms with Crippen molar-refractivity contribution in [2.45, 2.75) is 0 Å². The smallest absolute Gasteiger partial charge is 0.235 e. The first-order valence-corrected chi connectivity index (χ1v) is 5.09. The van der Waals surface area contributed by atoms with E-state index in [9.17, 15) is 10.1 Å². The number of hydrogen-bond acceptors (Lipinski definition) is 3. The molecule has 86 valence electrons. The average Bonchev–Trinajstić information content (AvgIpc) is 2.35. The summed E-state index contributed by atoms with van der Waals surface area (Å²) in [6.07, 6.45) is 2.35. The van der Waals surface area contributed by atoms with Crippen molar-refractivity contribution in [2.75, 3.05) is 7.11 Å². The molecule has 0 unspecified atom stereocenters. The zero-order chi connectivity index (χ0) is 12.3. The molecular weight excluding hydrogens is 218 g/mol. The highest BCUT2D eigenvalue weighted by Gasteiger charge is 2.03. The molecule has 0 amide bonds. The lowest BCUT2D eigenvalue weighted by Crippen LogP contribution is -1.89. The molecule has 0 N–H and O–H groups in total. The molecule has 17 heavy (non-hydrogen) atoms. The van der Waals surface area contributed by atoms with E-state index in [1.54, 1.807) is 7.11 Å². The second-order valence-electron chi connectivity index (χ2n) is 3.54. The van der Waals surface area contributed by atoms with E-state index in [0.29, 0.717) is 11.3 Å². The normalized spacial score (nSPS) is 10.9. The third-order valence-corrected chi connectivity index (χ3v) is 2.47. The van der Waals surface area contributed by atoms with Gasteiger partial charge in [-0.3, -0.25) is 10.1 Å². The van der Waals surface area contributed by atoms with Crippen LogP contribution in [0, 0.1) is 10.1 Å². The maximum atomic E-state index is 10.3. The highest BCUT2D eigenvalue weighted by molar-refractivity contribution is 5.87. The number of fused-ring (bicyclic) bond motifs is 1. The molecule has 0 heterocycles. The van der Waals surface area contributed by atoms with Gasteiger partial charge in [-0.25, -0.2) is 0 Å². The van der Waals surface area contributed by atoms with Crippen LogP contribution in [0.5, 0.6) is 5.75 Å². The van der Waals surface area contributed by atoms with Crippen molar-refractivity contribution in [1.29, 1.82) is 0 Å². The van der Waals surface area contributed by atoms with Crippen LogP contribution in [0.3, 0.4) is 0 Å². The predicted octanol–water partition coefficient (Wildman–Crippen LogP) is 3.10. The van der Waals surface area contributed by atoms with Crippen molar-refractivity contribution in [3.8, 4) is 5.75 Å². The monoisotopic (exact) mass is 229 g/mol. The Bertz CT molecular complexity index is 590. The first-order valence-electron chi connectivity index (χ1n) is 5.09. The van der Waals surface area contributed by atoms with E-state index in [-0.39, 0.29) is 0 Å². The molecular formula is C13H11NO3. The van der Waals surface area contributed by atoms with Gasteiger partial charge in [-0.15, -0.1) is 0 Å². The first kappa shape index (κ1) is 11.1. The summed E-state index contributed by atoms with van der Waals surface area (Å²) >= 11 is 0. The molecule has 0 spiro atoms. The Kier molecular flexibility index (Phi) is 3.05.